The van der Waals surface area contributed by atoms with E-state index in [2.05, 4.69) is 5.32 Å². The van der Waals surface area contributed by atoms with E-state index in [1.165, 1.54) is 53.4 Å². The normalized spacial score (nSPS) is 18.3. The highest BCUT2D eigenvalue weighted by Crippen LogP contribution is 2.33. The Hall–Kier alpha value is -5.38. The number of nitrogens with zero attached hydrogens (tertiary/aromatic N) is 4. The SMILES string of the molecule is COc1ccc(CS[C@H]2C[C@@H](C(=O)N3CC[C@H](CCNC(=O)OCc4ccc([N+](=O)[O-])cc4)C3)N(C(=O)OCc3ccc([N+](=O)[O-])cc3)C2)cc1. The third-order valence-corrected chi connectivity index (χ3v) is 10.2. The highest BCUT2D eigenvalue weighted by molar-refractivity contribution is 7.99. The van der Waals surface area contributed by atoms with Crippen LogP contribution < -0.4 is 10.1 Å². The van der Waals surface area contributed by atoms with Gasteiger partial charge in [-0.05, 0) is 78.3 Å². The van der Waals surface area contributed by atoms with Gasteiger partial charge in [-0.25, -0.2) is 9.59 Å². The molecule has 3 amide bonds. The van der Waals surface area contributed by atoms with Gasteiger partial charge in [-0.3, -0.25) is 29.9 Å². The Morgan fingerprint density at radius 3 is 2.02 bits per heavy atom. The smallest absolute Gasteiger partial charge is 0.410 e. The van der Waals surface area contributed by atoms with Gasteiger partial charge in [0.05, 0.1) is 17.0 Å². The van der Waals surface area contributed by atoms with E-state index in [0.717, 1.165) is 17.7 Å². The van der Waals surface area contributed by atoms with Crippen LogP contribution in [0.1, 0.15) is 36.0 Å². The fourth-order valence-corrected chi connectivity index (χ4v) is 7.21. The van der Waals surface area contributed by atoms with Crippen LogP contribution in [0.4, 0.5) is 21.0 Å². The summed E-state index contributed by atoms with van der Waals surface area (Å²) >= 11 is 1.67. The molecule has 3 aromatic carbocycles. The van der Waals surface area contributed by atoms with Crippen molar-refractivity contribution >= 4 is 41.2 Å². The number of thioether (sulfide) groups is 1. The van der Waals surface area contributed by atoms with Gasteiger partial charge in [-0.2, -0.15) is 11.8 Å². The van der Waals surface area contributed by atoms with Crippen LogP contribution >= 0.6 is 11.8 Å². The molecular formula is C35H39N5O10S. The number of nitro groups is 2. The number of carbonyl (C=O) groups excluding carboxylic acids is 3. The van der Waals surface area contributed by atoms with Crippen molar-refractivity contribution in [1.29, 1.82) is 0 Å². The van der Waals surface area contributed by atoms with E-state index in [1.807, 2.05) is 24.3 Å². The lowest BCUT2D eigenvalue weighted by Gasteiger charge is -2.27. The van der Waals surface area contributed by atoms with Crippen LogP contribution in [0, 0.1) is 26.1 Å². The van der Waals surface area contributed by atoms with Crippen LogP contribution in [0.3, 0.4) is 0 Å². The molecule has 0 unspecified atom stereocenters. The quantitative estimate of drug-likeness (QED) is 0.159. The molecule has 2 aliphatic heterocycles. The molecule has 0 bridgehead atoms. The number of hydrogen-bond acceptors (Lipinski definition) is 11. The molecule has 0 aromatic heterocycles. The lowest BCUT2D eigenvalue weighted by Crippen LogP contribution is -2.47. The summed E-state index contributed by atoms with van der Waals surface area (Å²) < 4.78 is 16.1. The van der Waals surface area contributed by atoms with Gasteiger partial charge in [0.1, 0.15) is 25.0 Å². The maximum atomic E-state index is 13.9. The predicted octanol–water partition coefficient (Wildman–Crippen LogP) is 5.69. The molecule has 2 heterocycles. The number of methoxy groups -OCH3 is 1. The van der Waals surface area contributed by atoms with Crippen molar-refractivity contribution in [3.63, 3.8) is 0 Å². The van der Waals surface area contributed by atoms with Crippen LogP contribution in [0.25, 0.3) is 0 Å². The first-order valence-corrected chi connectivity index (χ1v) is 17.5. The number of rotatable bonds is 14. The molecule has 0 saturated carbocycles. The first-order chi connectivity index (χ1) is 24.6. The van der Waals surface area contributed by atoms with Crippen LogP contribution in [0.2, 0.25) is 0 Å². The van der Waals surface area contributed by atoms with Gasteiger partial charge < -0.3 is 24.4 Å². The molecule has 5 rings (SSSR count). The molecule has 2 fully saturated rings. The number of likely N-dealkylation sites (tertiary alicyclic amines) is 2. The summed E-state index contributed by atoms with van der Waals surface area (Å²) in [6.45, 7) is 1.58. The minimum absolute atomic E-state index is 0.00686. The second-order valence-electron chi connectivity index (χ2n) is 12.3. The number of nitro benzene ring substituents is 2. The lowest BCUT2D eigenvalue weighted by atomic mass is 10.1. The summed E-state index contributed by atoms with van der Waals surface area (Å²) in [6, 6.07) is 18.6. The molecule has 3 aromatic rings. The van der Waals surface area contributed by atoms with Crippen molar-refractivity contribution in [3.8, 4) is 5.75 Å². The van der Waals surface area contributed by atoms with Gasteiger partial charge >= 0.3 is 12.2 Å². The Morgan fingerprint density at radius 2 is 1.43 bits per heavy atom. The summed E-state index contributed by atoms with van der Waals surface area (Å²) in [5.41, 5.74) is 2.20. The van der Waals surface area contributed by atoms with Gasteiger partial charge in [0.25, 0.3) is 11.4 Å². The molecule has 0 aliphatic carbocycles. The first kappa shape index (κ1) is 36.9. The number of amides is 3. The molecule has 0 radical (unpaired) electrons. The summed E-state index contributed by atoms with van der Waals surface area (Å²) in [7, 11) is 1.61. The van der Waals surface area contributed by atoms with E-state index in [-0.39, 0.29) is 41.7 Å². The Labute approximate surface area is 298 Å². The van der Waals surface area contributed by atoms with Gasteiger partial charge in [-0.15, -0.1) is 0 Å². The third-order valence-electron chi connectivity index (χ3n) is 8.87. The Kier molecular flexibility index (Phi) is 12.7. The summed E-state index contributed by atoms with van der Waals surface area (Å²) in [4.78, 5) is 63.6. The van der Waals surface area contributed by atoms with Crippen LogP contribution in [0.5, 0.6) is 5.75 Å². The van der Waals surface area contributed by atoms with Gasteiger partial charge in [-0.1, -0.05) is 12.1 Å². The Bertz CT molecular complexity index is 1690. The zero-order chi connectivity index (χ0) is 36.3. The van der Waals surface area contributed by atoms with Gasteiger partial charge in [0, 0.05) is 61.4 Å². The van der Waals surface area contributed by atoms with Crippen LogP contribution in [0.15, 0.2) is 72.8 Å². The molecule has 3 atom stereocenters. The topological polar surface area (TPSA) is 184 Å². The number of benzene rings is 3. The summed E-state index contributed by atoms with van der Waals surface area (Å²) in [5, 5.41) is 24.5. The average molecular weight is 722 g/mol. The van der Waals surface area contributed by atoms with Crippen molar-refractivity contribution in [2.75, 3.05) is 33.3 Å². The van der Waals surface area contributed by atoms with E-state index in [0.29, 0.717) is 55.9 Å². The third kappa shape index (κ3) is 10.3. The van der Waals surface area contributed by atoms with E-state index < -0.39 is 28.1 Å². The van der Waals surface area contributed by atoms with E-state index in [4.69, 9.17) is 14.2 Å². The van der Waals surface area contributed by atoms with Crippen LogP contribution in [-0.2, 0) is 33.2 Å². The summed E-state index contributed by atoms with van der Waals surface area (Å²) in [6.07, 6.45) is 0.619. The average Bonchev–Trinajstić information content (AvgIpc) is 3.80. The maximum Gasteiger partial charge on any atom is 0.410 e. The van der Waals surface area contributed by atoms with E-state index >= 15 is 0 Å². The first-order valence-electron chi connectivity index (χ1n) is 16.4. The zero-order valence-electron chi connectivity index (χ0n) is 28.0. The van der Waals surface area contributed by atoms with E-state index in [1.54, 1.807) is 23.8 Å². The van der Waals surface area contributed by atoms with Gasteiger partial charge in [0.15, 0.2) is 0 Å². The van der Waals surface area contributed by atoms with E-state index in [9.17, 15) is 34.6 Å². The molecule has 1 N–H and O–H groups in total. The number of ether oxygens (including phenoxy) is 3. The van der Waals surface area contributed by atoms with Crippen molar-refractivity contribution in [2.45, 2.75) is 49.5 Å². The second kappa shape index (κ2) is 17.5. The van der Waals surface area contributed by atoms with Crippen molar-refractivity contribution in [3.05, 3.63) is 110 Å². The molecule has 0 spiro atoms. The molecule has 16 heteroatoms. The van der Waals surface area contributed by atoms with Crippen molar-refractivity contribution in [2.24, 2.45) is 5.92 Å². The minimum Gasteiger partial charge on any atom is -0.497 e. The number of nitrogens with one attached hydrogen (secondary N) is 1. The second-order valence-corrected chi connectivity index (χ2v) is 13.6. The number of hydrogen-bond donors (Lipinski definition) is 1. The monoisotopic (exact) mass is 721 g/mol. The zero-order valence-corrected chi connectivity index (χ0v) is 28.8. The molecule has 15 nitrogen and oxygen atoms in total. The summed E-state index contributed by atoms with van der Waals surface area (Å²) in [5.74, 6) is 1.45. The molecule has 2 aliphatic rings. The molecule has 51 heavy (non-hydrogen) atoms. The highest BCUT2D eigenvalue weighted by Gasteiger charge is 2.43. The van der Waals surface area contributed by atoms with Crippen molar-refractivity contribution in [1.82, 2.24) is 15.1 Å². The molecule has 270 valence electrons. The molecular weight excluding hydrogens is 682 g/mol. The van der Waals surface area contributed by atoms with Crippen LogP contribution in [-0.4, -0.2) is 82.3 Å². The van der Waals surface area contributed by atoms with Gasteiger partial charge in [0.2, 0.25) is 5.91 Å². The molecule has 2 saturated heterocycles. The highest BCUT2D eigenvalue weighted by atomic mass is 32.2. The Balaban J connectivity index is 1.12. The fraction of sp³-hybridized carbons (Fsp3) is 0.400. The maximum absolute atomic E-state index is 13.9. The Morgan fingerprint density at radius 1 is 0.843 bits per heavy atom. The lowest BCUT2D eigenvalue weighted by molar-refractivity contribution is -0.385. The number of alkyl carbamates (subject to hydrolysis) is 1. The predicted molar refractivity (Wildman–Crippen MR) is 187 cm³/mol. The number of non-ortho nitro benzene ring substituents is 2. The standard InChI is InChI=1S/C35H39N5O10S/c1-48-30-12-6-27(7-13-30)23-51-31-18-32(38(20-31)35(43)50-22-26-4-10-29(11-5-26)40(46)47)33(41)37-17-15-24(19-37)14-16-36-34(42)49-21-25-2-8-28(9-3-25)39(44)45/h2-13,24,31-32H,14-23H2,1H3,(H,36,42)/t24-,31-,32-/m0/s1. The van der Waals surface area contributed by atoms with Crippen molar-refractivity contribution < 1.29 is 38.4 Å². The fourth-order valence-electron chi connectivity index (χ4n) is 6.00. The largest absolute Gasteiger partial charge is 0.497 e. The number of carbonyl (C=O) groups is 3. The minimum atomic E-state index is -0.700.